The highest BCUT2D eigenvalue weighted by molar-refractivity contribution is 7.14. The first-order chi connectivity index (χ1) is 9.51. The number of aromatic carboxylic acids is 1. The van der Waals surface area contributed by atoms with Crippen LogP contribution in [-0.4, -0.2) is 25.2 Å². The molecule has 106 valence electrons. The van der Waals surface area contributed by atoms with Crippen molar-refractivity contribution in [2.24, 2.45) is 0 Å². The molecule has 0 aliphatic heterocycles. The lowest BCUT2D eigenvalue weighted by atomic mass is 10.2. The largest absolute Gasteiger partial charge is 0.497 e. The molecule has 0 bridgehead atoms. The minimum atomic E-state index is -0.864. The van der Waals surface area contributed by atoms with Gasteiger partial charge >= 0.3 is 5.97 Å². The molecule has 5 heteroatoms. The van der Waals surface area contributed by atoms with Crippen LogP contribution in [0.15, 0.2) is 30.3 Å². The topological polar surface area (TPSA) is 49.8 Å². The molecule has 1 heterocycles. The number of hydrogen-bond donors (Lipinski definition) is 1. The number of rotatable bonds is 5. The van der Waals surface area contributed by atoms with Gasteiger partial charge in [0.1, 0.15) is 10.6 Å². The average Bonchev–Trinajstić information content (AvgIpc) is 2.80. The van der Waals surface area contributed by atoms with E-state index in [2.05, 4.69) is 4.90 Å². The maximum Gasteiger partial charge on any atom is 0.345 e. The van der Waals surface area contributed by atoms with Crippen molar-refractivity contribution >= 4 is 23.0 Å². The Morgan fingerprint density at radius 1 is 1.35 bits per heavy atom. The minimum absolute atomic E-state index is 0.389. The van der Waals surface area contributed by atoms with E-state index in [4.69, 9.17) is 9.84 Å². The van der Waals surface area contributed by atoms with E-state index >= 15 is 0 Å². The summed E-state index contributed by atoms with van der Waals surface area (Å²) in [5.74, 6) is -0.0431. The van der Waals surface area contributed by atoms with Gasteiger partial charge < -0.3 is 14.7 Å². The van der Waals surface area contributed by atoms with Crippen molar-refractivity contribution in [2.45, 2.75) is 13.5 Å². The molecule has 4 nitrogen and oxygen atoms in total. The lowest BCUT2D eigenvalue weighted by Crippen LogP contribution is -2.16. The van der Waals surface area contributed by atoms with Gasteiger partial charge in [0, 0.05) is 24.2 Å². The monoisotopic (exact) mass is 291 g/mol. The molecule has 0 saturated heterocycles. The van der Waals surface area contributed by atoms with E-state index in [-0.39, 0.29) is 0 Å². The zero-order valence-corrected chi connectivity index (χ0v) is 12.5. The first-order valence-corrected chi connectivity index (χ1v) is 7.00. The Bertz CT molecular complexity index is 604. The van der Waals surface area contributed by atoms with E-state index in [9.17, 15) is 4.79 Å². The molecule has 0 radical (unpaired) electrons. The third kappa shape index (κ3) is 3.11. The van der Waals surface area contributed by atoms with Crippen LogP contribution >= 0.6 is 11.3 Å². The molecule has 0 unspecified atom stereocenters. The third-order valence-electron chi connectivity index (χ3n) is 3.15. The second kappa shape index (κ2) is 5.96. The highest BCUT2D eigenvalue weighted by Crippen LogP contribution is 2.25. The van der Waals surface area contributed by atoms with Crippen LogP contribution in [0, 0.1) is 6.92 Å². The summed E-state index contributed by atoms with van der Waals surface area (Å²) in [7, 11) is 3.63. The lowest BCUT2D eigenvalue weighted by molar-refractivity contribution is 0.0702. The predicted octanol–water partition coefficient (Wildman–Crippen LogP) is 3.40. The van der Waals surface area contributed by atoms with Crippen molar-refractivity contribution in [1.29, 1.82) is 0 Å². The van der Waals surface area contributed by atoms with Crippen LogP contribution in [0.2, 0.25) is 0 Å². The number of carbonyl (C=O) groups is 1. The fraction of sp³-hybridized carbons (Fsp3) is 0.267. The number of aryl methyl sites for hydroxylation is 1. The molecule has 0 aliphatic carbocycles. The maximum atomic E-state index is 11.0. The Morgan fingerprint density at radius 2 is 2.00 bits per heavy atom. The van der Waals surface area contributed by atoms with Crippen molar-refractivity contribution in [3.63, 3.8) is 0 Å². The number of thiophene rings is 1. The van der Waals surface area contributed by atoms with Crippen molar-refractivity contribution in [2.75, 3.05) is 19.1 Å². The molecule has 2 aromatic rings. The summed E-state index contributed by atoms with van der Waals surface area (Å²) in [5.41, 5.74) is 2.11. The van der Waals surface area contributed by atoms with E-state index < -0.39 is 5.97 Å². The van der Waals surface area contributed by atoms with Crippen LogP contribution in [0.5, 0.6) is 5.75 Å². The van der Waals surface area contributed by atoms with Gasteiger partial charge in [-0.1, -0.05) is 0 Å². The van der Waals surface area contributed by atoms with Crippen molar-refractivity contribution in [3.05, 3.63) is 45.6 Å². The molecule has 0 aliphatic rings. The first kappa shape index (κ1) is 14.4. The normalized spacial score (nSPS) is 10.3. The highest BCUT2D eigenvalue weighted by atomic mass is 32.1. The molecular formula is C15H17NO3S. The molecule has 0 fully saturated rings. The zero-order chi connectivity index (χ0) is 14.7. The Labute approximate surface area is 122 Å². The molecule has 1 N–H and O–H groups in total. The molecule has 1 aromatic carbocycles. The fourth-order valence-corrected chi connectivity index (χ4v) is 2.84. The van der Waals surface area contributed by atoms with E-state index in [1.165, 1.54) is 11.3 Å². The van der Waals surface area contributed by atoms with Gasteiger partial charge in [-0.25, -0.2) is 4.79 Å². The summed E-state index contributed by atoms with van der Waals surface area (Å²) in [4.78, 5) is 14.5. The van der Waals surface area contributed by atoms with Gasteiger partial charge in [-0.15, -0.1) is 11.3 Å². The summed E-state index contributed by atoms with van der Waals surface area (Å²) in [6.45, 7) is 2.64. The van der Waals surface area contributed by atoms with Crippen LogP contribution in [0.3, 0.4) is 0 Å². The second-order valence-corrected chi connectivity index (χ2v) is 5.81. The van der Waals surface area contributed by atoms with Gasteiger partial charge in [-0.05, 0) is 42.8 Å². The van der Waals surface area contributed by atoms with E-state index in [0.717, 1.165) is 21.9 Å². The number of hydrogen-bond acceptors (Lipinski definition) is 4. The SMILES string of the molecule is COc1ccc(N(C)Cc2cc(C(=O)O)sc2C)cc1. The predicted molar refractivity (Wildman–Crippen MR) is 81.1 cm³/mol. The third-order valence-corrected chi connectivity index (χ3v) is 4.23. The van der Waals surface area contributed by atoms with Crippen molar-refractivity contribution in [3.8, 4) is 5.75 Å². The molecule has 0 amide bonds. The Hall–Kier alpha value is -2.01. The summed E-state index contributed by atoms with van der Waals surface area (Å²) in [6, 6.07) is 9.55. The van der Waals surface area contributed by atoms with E-state index in [1.54, 1.807) is 13.2 Å². The van der Waals surface area contributed by atoms with Gasteiger partial charge in [-0.3, -0.25) is 0 Å². The van der Waals surface area contributed by atoms with Gasteiger partial charge in [-0.2, -0.15) is 0 Å². The fourth-order valence-electron chi connectivity index (χ4n) is 1.97. The highest BCUT2D eigenvalue weighted by Gasteiger charge is 2.12. The zero-order valence-electron chi connectivity index (χ0n) is 11.7. The molecule has 1 aromatic heterocycles. The van der Waals surface area contributed by atoms with Crippen LogP contribution < -0.4 is 9.64 Å². The smallest absolute Gasteiger partial charge is 0.345 e. The van der Waals surface area contributed by atoms with Crippen LogP contribution in [0.25, 0.3) is 0 Å². The molecular weight excluding hydrogens is 274 g/mol. The summed E-state index contributed by atoms with van der Waals surface area (Å²) in [5, 5.41) is 9.01. The molecule has 20 heavy (non-hydrogen) atoms. The van der Waals surface area contributed by atoms with Gasteiger partial charge in [0.25, 0.3) is 0 Å². The van der Waals surface area contributed by atoms with E-state index in [0.29, 0.717) is 11.4 Å². The maximum absolute atomic E-state index is 11.0. The van der Waals surface area contributed by atoms with E-state index in [1.807, 2.05) is 38.2 Å². The number of carboxylic acid groups (broad SMARTS) is 1. The Balaban J connectivity index is 2.14. The number of benzene rings is 1. The molecule has 0 saturated carbocycles. The number of carboxylic acids is 1. The van der Waals surface area contributed by atoms with Crippen molar-refractivity contribution in [1.82, 2.24) is 0 Å². The van der Waals surface area contributed by atoms with Crippen LogP contribution in [-0.2, 0) is 6.54 Å². The summed E-state index contributed by atoms with van der Waals surface area (Å²) in [6.07, 6.45) is 0. The lowest BCUT2D eigenvalue weighted by Gasteiger charge is -2.19. The number of ether oxygens (including phenoxy) is 1. The second-order valence-electron chi connectivity index (χ2n) is 4.55. The molecule has 0 atom stereocenters. The average molecular weight is 291 g/mol. The Kier molecular flexibility index (Phi) is 4.29. The molecule has 2 rings (SSSR count). The summed E-state index contributed by atoms with van der Waals surface area (Å²) < 4.78 is 5.13. The van der Waals surface area contributed by atoms with Crippen molar-refractivity contribution < 1.29 is 14.6 Å². The number of anilines is 1. The standard InChI is InChI=1S/C15H17NO3S/c1-10-11(8-14(20-10)15(17)18)9-16(2)12-4-6-13(19-3)7-5-12/h4-8H,9H2,1-3H3,(H,17,18). The minimum Gasteiger partial charge on any atom is -0.497 e. The van der Waals surface area contributed by atoms with Gasteiger partial charge in [0.2, 0.25) is 0 Å². The molecule has 0 spiro atoms. The number of methoxy groups -OCH3 is 1. The van der Waals surface area contributed by atoms with Crippen LogP contribution in [0.1, 0.15) is 20.1 Å². The first-order valence-electron chi connectivity index (χ1n) is 6.19. The summed E-state index contributed by atoms with van der Waals surface area (Å²) >= 11 is 1.32. The van der Waals surface area contributed by atoms with Gasteiger partial charge in [0.15, 0.2) is 0 Å². The van der Waals surface area contributed by atoms with Crippen LogP contribution in [0.4, 0.5) is 5.69 Å². The van der Waals surface area contributed by atoms with Gasteiger partial charge in [0.05, 0.1) is 7.11 Å². The number of nitrogens with zero attached hydrogens (tertiary/aromatic N) is 1. The Morgan fingerprint density at radius 3 is 2.50 bits per heavy atom. The quantitative estimate of drug-likeness (QED) is 0.917.